The molecule has 0 aromatic heterocycles. The van der Waals surface area contributed by atoms with Gasteiger partial charge in [0.2, 0.25) is 0 Å². The first-order chi connectivity index (χ1) is 7.88. The van der Waals surface area contributed by atoms with Gasteiger partial charge in [0.1, 0.15) is 0 Å². The average molecular weight is 238 g/mol. The summed E-state index contributed by atoms with van der Waals surface area (Å²) in [6.45, 7) is 14.5. The summed E-state index contributed by atoms with van der Waals surface area (Å²) in [5.41, 5.74) is 0.513. The molecule has 0 aromatic rings. The molecule has 0 N–H and O–H groups in total. The second-order valence-corrected chi connectivity index (χ2v) is 7.55. The van der Waals surface area contributed by atoms with Crippen molar-refractivity contribution in [3.63, 3.8) is 0 Å². The van der Waals surface area contributed by atoms with Crippen LogP contribution >= 0.6 is 0 Å². The Bertz CT molecular complexity index is 207. The molecule has 2 unspecified atom stereocenters. The molecule has 0 bridgehead atoms. The molecular formula is C17H34. The third-order valence-corrected chi connectivity index (χ3v) is 5.21. The van der Waals surface area contributed by atoms with Crippen LogP contribution in [0.3, 0.4) is 0 Å². The molecule has 1 saturated carbocycles. The Morgan fingerprint density at radius 3 is 2.06 bits per heavy atom. The number of rotatable bonds is 4. The van der Waals surface area contributed by atoms with Crippen LogP contribution in [-0.4, -0.2) is 0 Å². The summed E-state index contributed by atoms with van der Waals surface area (Å²) in [6.07, 6.45) is 8.69. The molecule has 1 aliphatic carbocycles. The van der Waals surface area contributed by atoms with Gasteiger partial charge in [-0.15, -0.1) is 0 Å². The Labute approximate surface area is 110 Å². The molecule has 0 heterocycles. The van der Waals surface area contributed by atoms with Crippen molar-refractivity contribution in [2.75, 3.05) is 0 Å². The van der Waals surface area contributed by atoms with E-state index in [2.05, 4.69) is 41.5 Å². The molecule has 0 amide bonds. The molecule has 1 rings (SSSR count). The standard InChI is InChI=1S/C17H34/c1-7-14(8-2)12-15-9-10-16(13(3)11-15)17(4,5)6/h13-16H,7-12H2,1-6H3/t13-,15?,16?/m1/s1. The van der Waals surface area contributed by atoms with Gasteiger partial charge in [-0.05, 0) is 48.3 Å². The van der Waals surface area contributed by atoms with E-state index < -0.39 is 0 Å². The minimum atomic E-state index is 0.513. The zero-order valence-corrected chi connectivity index (χ0v) is 13.1. The molecule has 0 aliphatic heterocycles. The maximum atomic E-state index is 2.50. The van der Waals surface area contributed by atoms with Crippen LogP contribution in [0, 0.1) is 29.1 Å². The Morgan fingerprint density at radius 2 is 1.65 bits per heavy atom. The summed E-state index contributed by atoms with van der Waals surface area (Å²) in [4.78, 5) is 0. The number of hydrogen-bond donors (Lipinski definition) is 0. The van der Waals surface area contributed by atoms with Crippen LogP contribution in [0.5, 0.6) is 0 Å². The van der Waals surface area contributed by atoms with Crippen molar-refractivity contribution in [2.45, 2.75) is 80.1 Å². The van der Waals surface area contributed by atoms with E-state index in [1.807, 2.05) is 0 Å². The molecular weight excluding hydrogens is 204 g/mol. The fraction of sp³-hybridized carbons (Fsp3) is 1.00. The molecule has 0 aromatic carbocycles. The predicted octanol–water partition coefficient (Wildman–Crippen LogP) is 5.91. The molecule has 0 heteroatoms. The van der Waals surface area contributed by atoms with E-state index in [0.717, 1.165) is 23.7 Å². The summed E-state index contributed by atoms with van der Waals surface area (Å²) in [5, 5.41) is 0. The normalized spacial score (nSPS) is 30.9. The first kappa shape index (κ1) is 15.1. The molecule has 0 spiro atoms. The lowest BCUT2D eigenvalue weighted by molar-refractivity contribution is 0.0811. The van der Waals surface area contributed by atoms with Crippen LogP contribution in [-0.2, 0) is 0 Å². The summed E-state index contributed by atoms with van der Waals surface area (Å²) >= 11 is 0. The minimum absolute atomic E-state index is 0.513. The van der Waals surface area contributed by atoms with Crippen molar-refractivity contribution >= 4 is 0 Å². The van der Waals surface area contributed by atoms with Crippen molar-refractivity contribution in [3.8, 4) is 0 Å². The van der Waals surface area contributed by atoms with E-state index in [1.165, 1.54) is 38.5 Å². The monoisotopic (exact) mass is 238 g/mol. The highest BCUT2D eigenvalue weighted by molar-refractivity contribution is 4.85. The van der Waals surface area contributed by atoms with Gasteiger partial charge in [-0.2, -0.15) is 0 Å². The van der Waals surface area contributed by atoms with Crippen LogP contribution in [0.1, 0.15) is 80.1 Å². The lowest BCUT2D eigenvalue weighted by atomic mass is 9.63. The highest BCUT2D eigenvalue weighted by atomic mass is 14.4. The maximum absolute atomic E-state index is 2.50. The van der Waals surface area contributed by atoms with E-state index in [4.69, 9.17) is 0 Å². The molecule has 17 heavy (non-hydrogen) atoms. The maximum Gasteiger partial charge on any atom is -0.0339 e. The van der Waals surface area contributed by atoms with Gasteiger partial charge in [-0.25, -0.2) is 0 Å². The molecule has 102 valence electrons. The Kier molecular flexibility index (Phi) is 5.54. The molecule has 1 aliphatic rings. The molecule has 1 fully saturated rings. The summed E-state index contributed by atoms with van der Waals surface area (Å²) in [6, 6.07) is 0. The van der Waals surface area contributed by atoms with Crippen molar-refractivity contribution in [3.05, 3.63) is 0 Å². The summed E-state index contributed by atoms with van der Waals surface area (Å²) in [7, 11) is 0. The van der Waals surface area contributed by atoms with E-state index in [0.29, 0.717) is 5.41 Å². The SMILES string of the molecule is CCC(CC)CC1CCC(C(C)(C)C)[C@H](C)C1. The minimum Gasteiger partial charge on any atom is -0.0651 e. The lowest BCUT2D eigenvalue weighted by Crippen LogP contribution is -2.33. The van der Waals surface area contributed by atoms with Crippen LogP contribution in [0.25, 0.3) is 0 Å². The van der Waals surface area contributed by atoms with E-state index in [-0.39, 0.29) is 0 Å². The van der Waals surface area contributed by atoms with Gasteiger partial charge in [0.05, 0.1) is 0 Å². The zero-order valence-electron chi connectivity index (χ0n) is 13.1. The quantitative estimate of drug-likeness (QED) is 0.571. The van der Waals surface area contributed by atoms with E-state index >= 15 is 0 Å². The topological polar surface area (TPSA) is 0 Å². The van der Waals surface area contributed by atoms with Crippen LogP contribution in [0.15, 0.2) is 0 Å². The highest BCUT2D eigenvalue weighted by Gasteiger charge is 2.35. The van der Waals surface area contributed by atoms with E-state index in [1.54, 1.807) is 0 Å². The second kappa shape index (κ2) is 6.25. The van der Waals surface area contributed by atoms with E-state index in [9.17, 15) is 0 Å². The molecule has 3 atom stereocenters. The average Bonchev–Trinajstić information content (AvgIpc) is 2.24. The second-order valence-electron chi connectivity index (χ2n) is 7.55. The molecule has 0 radical (unpaired) electrons. The molecule has 0 saturated heterocycles. The fourth-order valence-electron chi connectivity index (χ4n) is 4.10. The van der Waals surface area contributed by atoms with Gasteiger partial charge in [0, 0.05) is 0 Å². The van der Waals surface area contributed by atoms with Crippen LogP contribution in [0.4, 0.5) is 0 Å². The van der Waals surface area contributed by atoms with Crippen molar-refractivity contribution < 1.29 is 0 Å². The third-order valence-electron chi connectivity index (χ3n) is 5.21. The zero-order chi connectivity index (χ0) is 13.1. The van der Waals surface area contributed by atoms with Gasteiger partial charge in [0.25, 0.3) is 0 Å². The third kappa shape index (κ3) is 4.30. The van der Waals surface area contributed by atoms with Crippen LogP contribution in [0.2, 0.25) is 0 Å². The van der Waals surface area contributed by atoms with Gasteiger partial charge < -0.3 is 0 Å². The Hall–Kier alpha value is 0. The predicted molar refractivity (Wildman–Crippen MR) is 78.1 cm³/mol. The summed E-state index contributed by atoms with van der Waals surface area (Å²) in [5.74, 6) is 3.88. The van der Waals surface area contributed by atoms with Gasteiger partial charge in [-0.3, -0.25) is 0 Å². The lowest BCUT2D eigenvalue weighted by Gasteiger charge is -2.42. The number of hydrogen-bond acceptors (Lipinski definition) is 0. The van der Waals surface area contributed by atoms with Gasteiger partial charge >= 0.3 is 0 Å². The largest absolute Gasteiger partial charge is 0.0651 e. The Morgan fingerprint density at radius 1 is 1.06 bits per heavy atom. The fourth-order valence-corrected chi connectivity index (χ4v) is 4.10. The highest BCUT2D eigenvalue weighted by Crippen LogP contribution is 2.45. The van der Waals surface area contributed by atoms with Crippen LogP contribution < -0.4 is 0 Å². The smallest absolute Gasteiger partial charge is 0.0339 e. The van der Waals surface area contributed by atoms with Gasteiger partial charge in [-0.1, -0.05) is 60.8 Å². The van der Waals surface area contributed by atoms with Gasteiger partial charge in [0.15, 0.2) is 0 Å². The van der Waals surface area contributed by atoms with Crippen molar-refractivity contribution in [1.29, 1.82) is 0 Å². The Balaban J connectivity index is 2.47. The first-order valence-corrected chi connectivity index (χ1v) is 7.88. The summed E-state index contributed by atoms with van der Waals surface area (Å²) < 4.78 is 0. The first-order valence-electron chi connectivity index (χ1n) is 7.88. The van der Waals surface area contributed by atoms with Crippen molar-refractivity contribution in [2.24, 2.45) is 29.1 Å². The molecule has 0 nitrogen and oxygen atoms in total. The van der Waals surface area contributed by atoms with Crippen molar-refractivity contribution in [1.82, 2.24) is 0 Å².